The van der Waals surface area contributed by atoms with Gasteiger partial charge in [0.1, 0.15) is 5.82 Å². The summed E-state index contributed by atoms with van der Waals surface area (Å²) in [6.07, 6.45) is 0. The molecule has 0 spiro atoms. The molecule has 1 aromatic carbocycles. The van der Waals surface area contributed by atoms with E-state index in [9.17, 15) is 14.0 Å². The molecule has 0 aliphatic carbocycles. The Morgan fingerprint density at radius 3 is 2.89 bits per heavy atom. The number of carbonyl (C=O) groups excluding carboxylic acids is 2. The molecule has 1 saturated heterocycles. The number of nitrogens with one attached hydrogen (secondary N) is 2. The number of anilines is 1. The van der Waals surface area contributed by atoms with Crippen LogP contribution in [-0.2, 0) is 4.79 Å². The zero-order valence-electron chi connectivity index (χ0n) is 10.1. The summed E-state index contributed by atoms with van der Waals surface area (Å²) in [6, 6.07) is 3.28. The molecule has 2 rings (SSSR count). The largest absolute Gasteiger partial charge is 0.366 e. The Labute approximate surface area is 114 Å². The second-order valence-electron chi connectivity index (χ2n) is 4.13. The van der Waals surface area contributed by atoms with Gasteiger partial charge in [0.15, 0.2) is 0 Å². The Morgan fingerprint density at radius 1 is 1.47 bits per heavy atom. The average molecular weight is 283 g/mol. The fraction of sp³-hybridized carbons (Fsp3) is 0.333. The maximum absolute atomic E-state index is 13.6. The molecule has 1 fully saturated rings. The summed E-state index contributed by atoms with van der Waals surface area (Å²) >= 11 is 1.66. The molecule has 1 heterocycles. The van der Waals surface area contributed by atoms with Gasteiger partial charge in [-0.25, -0.2) is 4.39 Å². The highest BCUT2D eigenvalue weighted by atomic mass is 32.2. The van der Waals surface area contributed by atoms with Gasteiger partial charge in [0, 0.05) is 23.6 Å². The van der Waals surface area contributed by atoms with E-state index in [-0.39, 0.29) is 23.2 Å². The highest BCUT2D eigenvalue weighted by Gasteiger charge is 2.22. The van der Waals surface area contributed by atoms with Crippen molar-refractivity contribution in [2.24, 2.45) is 5.73 Å². The van der Waals surface area contributed by atoms with Crippen molar-refractivity contribution in [1.29, 1.82) is 0 Å². The minimum Gasteiger partial charge on any atom is -0.366 e. The fourth-order valence-electron chi connectivity index (χ4n) is 1.73. The van der Waals surface area contributed by atoms with Gasteiger partial charge >= 0.3 is 0 Å². The number of primary amides is 1. The number of carbonyl (C=O) groups is 2. The van der Waals surface area contributed by atoms with Gasteiger partial charge in [0.2, 0.25) is 11.8 Å². The molecule has 7 heteroatoms. The van der Waals surface area contributed by atoms with Crippen LogP contribution < -0.4 is 16.4 Å². The Kier molecular flexibility index (Phi) is 4.39. The van der Waals surface area contributed by atoms with Crippen LogP contribution in [0.1, 0.15) is 10.4 Å². The molecule has 1 unspecified atom stereocenters. The summed E-state index contributed by atoms with van der Waals surface area (Å²) < 4.78 is 13.6. The first-order chi connectivity index (χ1) is 9.08. The summed E-state index contributed by atoms with van der Waals surface area (Å²) in [5, 5.41) is 5.53. The normalized spacial score (nSPS) is 18.9. The summed E-state index contributed by atoms with van der Waals surface area (Å²) in [5.41, 5.74) is 5.24. The van der Waals surface area contributed by atoms with Crippen molar-refractivity contribution in [3.63, 3.8) is 0 Å². The fourth-order valence-corrected chi connectivity index (χ4v) is 2.66. The number of hydrogen-bond acceptors (Lipinski definition) is 4. The van der Waals surface area contributed by atoms with Crippen LogP contribution in [0.15, 0.2) is 18.2 Å². The molecule has 1 aliphatic rings. The van der Waals surface area contributed by atoms with Crippen molar-refractivity contribution in [2.75, 3.05) is 23.4 Å². The van der Waals surface area contributed by atoms with Crippen LogP contribution in [0.25, 0.3) is 0 Å². The second-order valence-corrected chi connectivity index (χ2v) is 5.28. The maximum atomic E-state index is 13.6. The molecule has 1 atom stereocenters. The van der Waals surface area contributed by atoms with Gasteiger partial charge in [-0.15, -0.1) is 0 Å². The molecule has 0 bridgehead atoms. The standard InChI is InChI=1S/C12H14FN3O2S/c13-8-2-1-7(11(14)17)5-9(8)16-12(18)10-6-19-4-3-15-10/h1-2,5,10,15H,3-4,6H2,(H2,14,17)(H,16,18). The molecular weight excluding hydrogens is 269 g/mol. The first-order valence-corrected chi connectivity index (χ1v) is 6.95. The van der Waals surface area contributed by atoms with E-state index in [1.54, 1.807) is 11.8 Å². The lowest BCUT2D eigenvalue weighted by Gasteiger charge is -2.22. The van der Waals surface area contributed by atoms with Crippen molar-refractivity contribution in [2.45, 2.75) is 6.04 Å². The molecule has 4 N–H and O–H groups in total. The van der Waals surface area contributed by atoms with Gasteiger partial charge in [-0.1, -0.05) is 0 Å². The number of nitrogens with two attached hydrogens (primary N) is 1. The molecule has 19 heavy (non-hydrogen) atoms. The van der Waals surface area contributed by atoms with Crippen LogP contribution in [-0.4, -0.2) is 35.9 Å². The zero-order chi connectivity index (χ0) is 13.8. The van der Waals surface area contributed by atoms with Crippen molar-refractivity contribution in [3.05, 3.63) is 29.6 Å². The third-order valence-corrected chi connectivity index (χ3v) is 3.81. The van der Waals surface area contributed by atoms with E-state index in [1.165, 1.54) is 12.1 Å². The van der Waals surface area contributed by atoms with Crippen molar-refractivity contribution in [3.8, 4) is 0 Å². The predicted octanol–water partition coefficient (Wildman–Crippen LogP) is 0.568. The van der Waals surface area contributed by atoms with Gasteiger partial charge < -0.3 is 16.4 Å². The lowest BCUT2D eigenvalue weighted by molar-refractivity contribution is -0.117. The Hall–Kier alpha value is -1.60. The lowest BCUT2D eigenvalue weighted by atomic mass is 10.1. The van der Waals surface area contributed by atoms with Crippen molar-refractivity contribution in [1.82, 2.24) is 5.32 Å². The molecule has 0 saturated carbocycles. The summed E-state index contributed by atoms with van der Waals surface area (Å²) in [4.78, 5) is 23.0. The third-order valence-electron chi connectivity index (χ3n) is 2.75. The highest BCUT2D eigenvalue weighted by molar-refractivity contribution is 7.99. The van der Waals surface area contributed by atoms with Crippen molar-refractivity contribution >= 4 is 29.3 Å². The lowest BCUT2D eigenvalue weighted by Crippen LogP contribution is -2.46. The molecule has 0 aromatic heterocycles. The predicted molar refractivity (Wildman–Crippen MR) is 72.7 cm³/mol. The molecule has 1 aromatic rings. The summed E-state index contributed by atoms with van der Waals surface area (Å²) in [6.45, 7) is 0.743. The van der Waals surface area contributed by atoms with E-state index in [0.29, 0.717) is 5.75 Å². The topological polar surface area (TPSA) is 84.2 Å². The SMILES string of the molecule is NC(=O)c1ccc(F)c(NC(=O)C2CSCCN2)c1. The quantitative estimate of drug-likeness (QED) is 0.757. The average Bonchev–Trinajstić information content (AvgIpc) is 2.42. The first kappa shape index (κ1) is 13.8. The highest BCUT2D eigenvalue weighted by Crippen LogP contribution is 2.17. The molecule has 0 radical (unpaired) electrons. The van der Waals surface area contributed by atoms with Gasteiger partial charge in [0.05, 0.1) is 11.7 Å². The first-order valence-electron chi connectivity index (χ1n) is 5.79. The minimum atomic E-state index is -0.665. The number of thioether (sulfide) groups is 1. The number of hydrogen-bond donors (Lipinski definition) is 3. The van der Waals surface area contributed by atoms with Gasteiger partial charge in [-0.2, -0.15) is 11.8 Å². The van der Waals surface area contributed by atoms with E-state index >= 15 is 0 Å². The number of halogens is 1. The smallest absolute Gasteiger partial charge is 0.248 e. The van der Waals surface area contributed by atoms with Crippen molar-refractivity contribution < 1.29 is 14.0 Å². The van der Waals surface area contributed by atoms with E-state index in [2.05, 4.69) is 10.6 Å². The molecular formula is C12H14FN3O2S. The second kappa shape index (κ2) is 6.03. The summed E-state index contributed by atoms with van der Waals surface area (Å²) in [7, 11) is 0. The molecule has 102 valence electrons. The maximum Gasteiger partial charge on any atom is 0.248 e. The van der Waals surface area contributed by atoms with E-state index in [1.807, 2.05) is 0 Å². The van der Waals surface area contributed by atoms with E-state index in [0.717, 1.165) is 18.4 Å². The zero-order valence-corrected chi connectivity index (χ0v) is 10.9. The molecule has 5 nitrogen and oxygen atoms in total. The Bertz CT molecular complexity index is 504. The number of amides is 2. The van der Waals surface area contributed by atoms with E-state index in [4.69, 9.17) is 5.73 Å². The van der Waals surface area contributed by atoms with Gasteiger partial charge in [-0.05, 0) is 18.2 Å². The van der Waals surface area contributed by atoms with Crippen LogP contribution in [0.5, 0.6) is 0 Å². The number of rotatable bonds is 3. The summed E-state index contributed by atoms with van der Waals surface area (Å²) in [5.74, 6) is 0.0227. The van der Waals surface area contributed by atoms with Crippen LogP contribution in [0, 0.1) is 5.82 Å². The monoisotopic (exact) mass is 283 g/mol. The number of benzene rings is 1. The van der Waals surface area contributed by atoms with Crippen LogP contribution in [0.2, 0.25) is 0 Å². The Balaban J connectivity index is 2.11. The molecule has 2 amide bonds. The van der Waals surface area contributed by atoms with Gasteiger partial charge in [-0.3, -0.25) is 9.59 Å². The van der Waals surface area contributed by atoms with Gasteiger partial charge in [0.25, 0.3) is 0 Å². The third kappa shape index (κ3) is 3.45. The van der Waals surface area contributed by atoms with Crippen LogP contribution >= 0.6 is 11.8 Å². The minimum absolute atomic E-state index is 0.0290. The van der Waals surface area contributed by atoms with E-state index < -0.39 is 11.7 Å². The Morgan fingerprint density at radius 2 is 2.26 bits per heavy atom. The van der Waals surface area contributed by atoms with Crippen LogP contribution in [0.4, 0.5) is 10.1 Å². The van der Waals surface area contributed by atoms with Crippen LogP contribution in [0.3, 0.4) is 0 Å². The molecule has 1 aliphatic heterocycles.